The molecule has 2 aliphatic carbocycles. The lowest BCUT2D eigenvalue weighted by molar-refractivity contribution is -0.241. The van der Waals surface area contributed by atoms with Crippen molar-refractivity contribution >= 4 is 23.9 Å². The van der Waals surface area contributed by atoms with Crippen LogP contribution in [0.1, 0.15) is 74.7 Å². The fourth-order valence-corrected chi connectivity index (χ4v) is 6.89. The first-order valence-corrected chi connectivity index (χ1v) is 13.8. The van der Waals surface area contributed by atoms with Crippen molar-refractivity contribution in [1.29, 1.82) is 0 Å². The number of epoxide rings is 1. The highest BCUT2D eigenvalue weighted by atomic mass is 16.7. The van der Waals surface area contributed by atoms with Crippen molar-refractivity contribution in [3.8, 4) is 0 Å². The third kappa shape index (κ3) is 4.99. The third-order valence-corrected chi connectivity index (χ3v) is 8.82. The summed E-state index contributed by atoms with van der Waals surface area (Å²) in [5.74, 6) is -1.59. The van der Waals surface area contributed by atoms with Gasteiger partial charge in [-0.05, 0) is 24.3 Å². The maximum Gasteiger partial charge on any atom is 0.306 e. The zero-order valence-electron chi connectivity index (χ0n) is 24.2. The number of carbonyl (C=O) groups excluding carboxylic acids is 4. The molecule has 2 saturated heterocycles. The zero-order valence-corrected chi connectivity index (χ0v) is 24.2. The number of hydrogen-bond donors (Lipinski definition) is 0. The Bertz CT molecular complexity index is 1040. The fraction of sp³-hybridized carbons (Fsp3) is 0.793. The molecule has 0 amide bonds. The van der Waals surface area contributed by atoms with Gasteiger partial charge in [0.1, 0.15) is 24.4 Å². The van der Waals surface area contributed by atoms with Gasteiger partial charge in [-0.3, -0.25) is 19.2 Å². The maximum absolute atomic E-state index is 12.9. The van der Waals surface area contributed by atoms with Gasteiger partial charge in [-0.2, -0.15) is 0 Å². The number of ether oxygens (including phenoxy) is 6. The molecule has 10 heteroatoms. The minimum absolute atomic E-state index is 0.0675. The summed E-state index contributed by atoms with van der Waals surface area (Å²) in [6.07, 6.45) is -1.21. The molecule has 1 saturated carbocycles. The average molecular weight is 551 g/mol. The second-order valence-electron chi connectivity index (χ2n) is 12.6. The Balaban J connectivity index is 1.81. The first kappa shape index (κ1) is 29.5. The van der Waals surface area contributed by atoms with E-state index in [2.05, 4.69) is 0 Å². The highest BCUT2D eigenvalue weighted by molar-refractivity contribution is 5.71. The van der Waals surface area contributed by atoms with Gasteiger partial charge in [-0.25, -0.2) is 0 Å². The van der Waals surface area contributed by atoms with E-state index in [4.69, 9.17) is 28.4 Å². The van der Waals surface area contributed by atoms with Crippen LogP contribution >= 0.6 is 0 Å². The molecule has 8 atom stereocenters. The van der Waals surface area contributed by atoms with E-state index in [1.807, 2.05) is 47.6 Å². The predicted molar refractivity (Wildman–Crippen MR) is 137 cm³/mol. The predicted octanol–water partition coefficient (Wildman–Crippen LogP) is 3.29. The van der Waals surface area contributed by atoms with E-state index < -0.39 is 64.9 Å². The van der Waals surface area contributed by atoms with Gasteiger partial charge in [0.2, 0.25) is 0 Å². The summed E-state index contributed by atoms with van der Waals surface area (Å²) in [4.78, 5) is 50.2. The number of carbonyl (C=O) groups is 4. The Morgan fingerprint density at radius 2 is 1.56 bits per heavy atom. The first-order valence-electron chi connectivity index (χ1n) is 13.8. The second kappa shape index (κ2) is 10.5. The van der Waals surface area contributed by atoms with Crippen LogP contribution in [0.25, 0.3) is 0 Å². The summed E-state index contributed by atoms with van der Waals surface area (Å²) in [5.41, 5.74) is -2.17. The molecule has 0 aromatic heterocycles. The van der Waals surface area contributed by atoms with Gasteiger partial charge in [0.25, 0.3) is 0 Å². The Hall–Kier alpha value is -2.46. The van der Waals surface area contributed by atoms with Gasteiger partial charge in [0.15, 0.2) is 12.2 Å². The van der Waals surface area contributed by atoms with E-state index in [1.165, 1.54) is 13.8 Å². The summed E-state index contributed by atoms with van der Waals surface area (Å²) in [6.45, 7) is 14.3. The van der Waals surface area contributed by atoms with Gasteiger partial charge in [-0.15, -0.1) is 0 Å². The highest BCUT2D eigenvalue weighted by Gasteiger charge is 2.87. The van der Waals surface area contributed by atoms with Crippen molar-refractivity contribution < 1.29 is 47.6 Å². The molecule has 0 N–H and O–H groups in total. The van der Waals surface area contributed by atoms with E-state index >= 15 is 0 Å². The topological polar surface area (TPSA) is 127 Å². The van der Waals surface area contributed by atoms with Crippen LogP contribution in [0, 0.1) is 22.7 Å². The van der Waals surface area contributed by atoms with E-state index in [-0.39, 0.29) is 43.7 Å². The van der Waals surface area contributed by atoms with Crippen LogP contribution in [0.5, 0.6) is 0 Å². The minimum atomic E-state index is -1.02. The molecule has 0 aromatic carbocycles. The SMILES string of the molecule is CC(=O)OCC12CC(OC(=O)CC(C)C)C(C)=CC1OC1C(OC(=O)CC(C)C)C(OC(C)=O)C2(C)C12CO2. The molecule has 39 heavy (non-hydrogen) atoms. The lowest BCUT2D eigenvalue weighted by Gasteiger charge is -2.58. The molecular formula is C29H42O10. The zero-order chi connectivity index (χ0) is 28.9. The Morgan fingerprint density at radius 1 is 0.974 bits per heavy atom. The largest absolute Gasteiger partial charge is 0.465 e. The van der Waals surface area contributed by atoms with Gasteiger partial charge in [0, 0.05) is 33.1 Å². The van der Waals surface area contributed by atoms with E-state index in [0.29, 0.717) is 6.61 Å². The molecule has 8 unspecified atom stereocenters. The van der Waals surface area contributed by atoms with Gasteiger partial charge < -0.3 is 28.4 Å². The highest BCUT2D eigenvalue weighted by Crippen LogP contribution is 2.72. The number of esters is 4. The molecule has 1 spiro atoms. The average Bonchev–Trinajstić information content (AvgIpc) is 3.58. The monoisotopic (exact) mass is 550 g/mol. The molecule has 0 aromatic rings. The van der Waals surface area contributed by atoms with Crippen molar-refractivity contribution in [3.63, 3.8) is 0 Å². The van der Waals surface area contributed by atoms with Crippen molar-refractivity contribution in [2.75, 3.05) is 13.2 Å². The van der Waals surface area contributed by atoms with Crippen molar-refractivity contribution in [1.82, 2.24) is 0 Å². The summed E-state index contributed by atoms with van der Waals surface area (Å²) >= 11 is 0. The van der Waals surface area contributed by atoms with Gasteiger partial charge in [-0.1, -0.05) is 40.7 Å². The summed E-state index contributed by atoms with van der Waals surface area (Å²) < 4.78 is 36.4. The summed E-state index contributed by atoms with van der Waals surface area (Å²) in [7, 11) is 0. The minimum Gasteiger partial charge on any atom is -0.465 e. The molecule has 3 fully saturated rings. The van der Waals surface area contributed by atoms with Gasteiger partial charge in [0.05, 0.1) is 23.5 Å². The van der Waals surface area contributed by atoms with Crippen LogP contribution < -0.4 is 0 Å². The lowest BCUT2D eigenvalue weighted by Crippen LogP contribution is -2.68. The van der Waals surface area contributed by atoms with Crippen LogP contribution in [0.15, 0.2) is 11.6 Å². The number of fused-ring (bicyclic) bond motifs is 2. The molecule has 2 heterocycles. The standard InChI is InChI=1S/C29H42O10/c1-15(2)9-22(32)37-20-12-28(13-34-18(6)30)21(11-17(20)5)38-26-24(39-23(33)10-16(3)4)25(36-19(7)31)27(28,8)29(26)14-35-29/h11,15-16,20-21,24-26H,9-10,12-14H2,1-8H3. The van der Waals surface area contributed by atoms with Crippen LogP contribution in [-0.2, 0) is 47.6 Å². The molecule has 2 aliphatic heterocycles. The third-order valence-electron chi connectivity index (χ3n) is 8.82. The fourth-order valence-electron chi connectivity index (χ4n) is 6.89. The molecule has 2 bridgehead atoms. The van der Waals surface area contributed by atoms with Crippen molar-refractivity contribution in [2.24, 2.45) is 22.7 Å². The Labute approximate surface area is 230 Å². The maximum atomic E-state index is 12.9. The lowest BCUT2D eigenvalue weighted by atomic mass is 9.51. The smallest absolute Gasteiger partial charge is 0.306 e. The van der Waals surface area contributed by atoms with Crippen LogP contribution in [0.4, 0.5) is 0 Å². The molecule has 4 aliphatic rings. The Morgan fingerprint density at radius 3 is 2.08 bits per heavy atom. The number of hydrogen-bond acceptors (Lipinski definition) is 10. The Kier molecular flexibility index (Phi) is 7.95. The molecule has 10 nitrogen and oxygen atoms in total. The second-order valence-corrected chi connectivity index (χ2v) is 12.6. The van der Waals surface area contributed by atoms with Gasteiger partial charge >= 0.3 is 23.9 Å². The van der Waals surface area contributed by atoms with Crippen LogP contribution in [0.3, 0.4) is 0 Å². The van der Waals surface area contributed by atoms with E-state index in [9.17, 15) is 19.2 Å². The van der Waals surface area contributed by atoms with E-state index in [1.54, 1.807) is 0 Å². The van der Waals surface area contributed by atoms with Crippen molar-refractivity contribution in [3.05, 3.63) is 11.6 Å². The normalized spacial score (nSPS) is 38.2. The quantitative estimate of drug-likeness (QED) is 0.183. The molecule has 0 radical (unpaired) electrons. The van der Waals surface area contributed by atoms with Crippen LogP contribution in [0.2, 0.25) is 0 Å². The first-order chi connectivity index (χ1) is 18.2. The van der Waals surface area contributed by atoms with Crippen LogP contribution in [-0.4, -0.2) is 73.2 Å². The van der Waals surface area contributed by atoms with E-state index in [0.717, 1.165) is 5.57 Å². The summed E-state index contributed by atoms with van der Waals surface area (Å²) in [6, 6.07) is 0. The number of rotatable bonds is 9. The molecule has 4 rings (SSSR count). The molecular weight excluding hydrogens is 508 g/mol. The van der Waals surface area contributed by atoms with Crippen molar-refractivity contribution in [2.45, 2.75) is 111 Å². The molecule has 218 valence electrons. The summed E-state index contributed by atoms with van der Waals surface area (Å²) in [5, 5.41) is 0.